The van der Waals surface area contributed by atoms with Gasteiger partial charge in [-0.3, -0.25) is 4.90 Å². The summed E-state index contributed by atoms with van der Waals surface area (Å²) in [4.78, 5) is 15.2. The Balaban J connectivity index is 1.59. The van der Waals surface area contributed by atoms with Gasteiger partial charge in [0.05, 0.1) is 12.6 Å². The molecule has 3 rings (SSSR count). The van der Waals surface area contributed by atoms with Crippen molar-refractivity contribution in [2.24, 2.45) is 0 Å². The fourth-order valence-corrected chi connectivity index (χ4v) is 3.02. The van der Waals surface area contributed by atoms with Crippen LogP contribution in [-0.2, 0) is 11.2 Å². The van der Waals surface area contributed by atoms with E-state index >= 15 is 0 Å². The Morgan fingerprint density at radius 3 is 2.95 bits per heavy atom. The van der Waals surface area contributed by atoms with Gasteiger partial charge in [-0.25, -0.2) is 4.79 Å². The van der Waals surface area contributed by atoms with Crippen molar-refractivity contribution in [1.29, 1.82) is 0 Å². The molecule has 1 heterocycles. The van der Waals surface area contributed by atoms with Crippen LogP contribution in [0.1, 0.15) is 17.2 Å². The summed E-state index contributed by atoms with van der Waals surface area (Å²) in [6.07, 6.45) is 0.188. The number of likely N-dealkylation sites (N-methyl/N-ethyl adjacent to an activating group) is 1. The maximum absolute atomic E-state index is 11.4. The molecule has 1 aromatic carbocycles. The van der Waals surface area contributed by atoms with E-state index in [2.05, 4.69) is 11.0 Å². The van der Waals surface area contributed by atoms with Crippen molar-refractivity contribution in [2.45, 2.75) is 18.6 Å². The van der Waals surface area contributed by atoms with E-state index in [4.69, 9.17) is 4.74 Å². The fourth-order valence-electron chi connectivity index (χ4n) is 3.02. The van der Waals surface area contributed by atoms with E-state index in [9.17, 15) is 9.90 Å². The zero-order chi connectivity index (χ0) is 14.1. The molecule has 5 heteroatoms. The summed E-state index contributed by atoms with van der Waals surface area (Å²) in [5, 5.41) is 10.4. The number of aliphatic hydroxyl groups is 1. The van der Waals surface area contributed by atoms with Crippen LogP contribution < -0.4 is 0 Å². The molecule has 0 saturated carbocycles. The third kappa shape index (κ3) is 2.39. The molecule has 2 atom stereocenters. The summed E-state index contributed by atoms with van der Waals surface area (Å²) in [6.45, 7) is 2.54. The van der Waals surface area contributed by atoms with Gasteiger partial charge in [-0.1, -0.05) is 24.3 Å². The number of cyclic esters (lactones) is 1. The molecule has 108 valence electrons. The lowest BCUT2D eigenvalue weighted by atomic mass is 10.1. The predicted molar refractivity (Wildman–Crippen MR) is 74.4 cm³/mol. The van der Waals surface area contributed by atoms with Crippen LogP contribution in [0.3, 0.4) is 0 Å². The zero-order valence-corrected chi connectivity index (χ0v) is 11.7. The topological polar surface area (TPSA) is 53.0 Å². The van der Waals surface area contributed by atoms with Crippen LogP contribution in [0.4, 0.5) is 4.79 Å². The van der Waals surface area contributed by atoms with Gasteiger partial charge in [0.1, 0.15) is 6.61 Å². The van der Waals surface area contributed by atoms with Crippen molar-refractivity contribution in [3.05, 3.63) is 35.4 Å². The van der Waals surface area contributed by atoms with E-state index in [0.717, 1.165) is 18.5 Å². The number of rotatable bonds is 4. The second kappa shape index (κ2) is 5.42. The van der Waals surface area contributed by atoms with E-state index in [-0.39, 0.29) is 12.1 Å². The summed E-state index contributed by atoms with van der Waals surface area (Å²) in [5.74, 6) is 0. The SMILES string of the molecule is CN(CCN1CCOC1=O)C1Cc2ccccc2C1O. The molecule has 5 nitrogen and oxygen atoms in total. The van der Waals surface area contributed by atoms with Crippen LogP contribution in [0.5, 0.6) is 0 Å². The van der Waals surface area contributed by atoms with Crippen molar-refractivity contribution in [3.63, 3.8) is 0 Å². The van der Waals surface area contributed by atoms with Gasteiger partial charge < -0.3 is 14.7 Å². The number of nitrogens with zero attached hydrogens (tertiary/aromatic N) is 2. The van der Waals surface area contributed by atoms with Crippen molar-refractivity contribution in [2.75, 3.05) is 33.3 Å². The van der Waals surface area contributed by atoms with Gasteiger partial charge in [-0.15, -0.1) is 0 Å². The van der Waals surface area contributed by atoms with Crippen LogP contribution in [0, 0.1) is 0 Å². The maximum atomic E-state index is 11.4. The monoisotopic (exact) mass is 276 g/mol. The van der Waals surface area contributed by atoms with E-state index in [1.165, 1.54) is 5.56 Å². The van der Waals surface area contributed by atoms with Crippen LogP contribution in [-0.4, -0.2) is 60.3 Å². The van der Waals surface area contributed by atoms with Gasteiger partial charge in [0, 0.05) is 19.1 Å². The molecular weight excluding hydrogens is 256 g/mol. The molecular formula is C15H20N2O3. The third-order valence-corrected chi connectivity index (χ3v) is 4.30. The third-order valence-electron chi connectivity index (χ3n) is 4.30. The van der Waals surface area contributed by atoms with Gasteiger partial charge in [0.2, 0.25) is 0 Å². The number of aliphatic hydroxyl groups excluding tert-OH is 1. The lowest BCUT2D eigenvalue weighted by molar-refractivity contribution is 0.0720. The number of ether oxygens (including phenoxy) is 1. The minimum atomic E-state index is -0.443. The smallest absolute Gasteiger partial charge is 0.409 e. The molecule has 1 aliphatic heterocycles. The Morgan fingerprint density at radius 1 is 1.45 bits per heavy atom. The first-order chi connectivity index (χ1) is 9.66. The highest BCUT2D eigenvalue weighted by molar-refractivity contribution is 5.69. The fraction of sp³-hybridized carbons (Fsp3) is 0.533. The second-order valence-corrected chi connectivity index (χ2v) is 5.50. The highest BCUT2D eigenvalue weighted by Crippen LogP contribution is 2.33. The molecule has 1 saturated heterocycles. The summed E-state index contributed by atoms with van der Waals surface area (Å²) in [5.41, 5.74) is 2.25. The Kier molecular flexibility index (Phi) is 3.63. The van der Waals surface area contributed by atoms with Crippen molar-refractivity contribution < 1.29 is 14.6 Å². The molecule has 1 aromatic rings. The predicted octanol–water partition coefficient (Wildman–Crippen LogP) is 1.03. The molecule has 2 aliphatic rings. The highest BCUT2D eigenvalue weighted by Gasteiger charge is 2.33. The Morgan fingerprint density at radius 2 is 2.25 bits per heavy atom. The molecule has 0 bridgehead atoms. The first-order valence-electron chi connectivity index (χ1n) is 7.04. The minimum absolute atomic E-state index is 0.0889. The van der Waals surface area contributed by atoms with Gasteiger partial charge >= 0.3 is 6.09 Å². The molecule has 0 aromatic heterocycles. The lowest BCUT2D eigenvalue weighted by Crippen LogP contribution is -2.41. The van der Waals surface area contributed by atoms with E-state index in [0.29, 0.717) is 19.7 Å². The first-order valence-corrected chi connectivity index (χ1v) is 7.04. The number of hydrogen-bond acceptors (Lipinski definition) is 4. The summed E-state index contributed by atoms with van der Waals surface area (Å²) in [7, 11) is 2.00. The molecule has 0 spiro atoms. The van der Waals surface area contributed by atoms with Gasteiger partial charge in [-0.05, 0) is 24.6 Å². The number of benzene rings is 1. The number of hydrogen-bond donors (Lipinski definition) is 1. The second-order valence-electron chi connectivity index (χ2n) is 5.50. The van der Waals surface area contributed by atoms with Crippen LogP contribution in [0.15, 0.2) is 24.3 Å². The Labute approximate surface area is 118 Å². The van der Waals surface area contributed by atoms with Gasteiger partial charge in [0.15, 0.2) is 0 Å². The maximum Gasteiger partial charge on any atom is 0.409 e. The number of fused-ring (bicyclic) bond motifs is 1. The quantitative estimate of drug-likeness (QED) is 0.892. The number of amides is 1. The lowest BCUT2D eigenvalue weighted by Gasteiger charge is -2.28. The molecule has 1 N–H and O–H groups in total. The minimum Gasteiger partial charge on any atom is -0.448 e. The first kappa shape index (κ1) is 13.4. The van der Waals surface area contributed by atoms with Crippen molar-refractivity contribution >= 4 is 6.09 Å². The molecule has 1 fully saturated rings. The van der Waals surface area contributed by atoms with Crippen LogP contribution in [0.25, 0.3) is 0 Å². The highest BCUT2D eigenvalue weighted by atomic mass is 16.6. The number of carbonyl (C=O) groups excluding carboxylic acids is 1. The van der Waals surface area contributed by atoms with E-state index in [1.54, 1.807) is 4.90 Å². The Hall–Kier alpha value is -1.59. The molecule has 20 heavy (non-hydrogen) atoms. The molecule has 1 amide bonds. The van der Waals surface area contributed by atoms with Gasteiger partial charge in [0.25, 0.3) is 0 Å². The number of carbonyl (C=O) groups is 1. The Bertz CT molecular complexity index is 506. The summed E-state index contributed by atoms with van der Waals surface area (Å²) < 4.78 is 4.91. The average molecular weight is 276 g/mol. The average Bonchev–Trinajstić information content (AvgIpc) is 3.01. The van der Waals surface area contributed by atoms with Gasteiger partial charge in [-0.2, -0.15) is 0 Å². The standard InChI is InChI=1S/C15H20N2O3/c1-16(6-7-17-8-9-20-15(17)19)13-10-11-4-2-3-5-12(11)14(13)18/h2-5,13-14,18H,6-10H2,1H3. The normalized spacial score (nSPS) is 25.1. The van der Waals surface area contributed by atoms with Crippen molar-refractivity contribution in [3.8, 4) is 0 Å². The van der Waals surface area contributed by atoms with Crippen LogP contribution >= 0.6 is 0 Å². The zero-order valence-electron chi connectivity index (χ0n) is 11.7. The van der Waals surface area contributed by atoms with E-state index in [1.807, 2.05) is 25.2 Å². The molecule has 1 aliphatic carbocycles. The summed E-state index contributed by atoms with van der Waals surface area (Å²) in [6, 6.07) is 8.13. The summed E-state index contributed by atoms with van der Waals surface area (Å²) >= 11 is 0. The molecule has 2 unspecified atom stereocenters. The largest absolute Gasteiger partial charge is 0.448 e. The van der Waals surface area contributed by atoms with E-state index < -0.39 is 6.10 Å². The van der Waals surface area contributed by atoms with Crippen molar-refractivity contribution in [1.82, 2.24) is 9.80 Å². The molecule has 0 radical (unpaired) electrons. The van der Waals surface area contributed by atoms with Crippen LogP contribution in [0.2, 0.25) is 0 Å².